The summed E-state index contributed by atoms with van der Waals surface area (Å²) in [5.41, 5.74) is 1.21. The summed E-state index contributed by atoms with van der Waals surface area (Å²) < 4.78 is 1.94. The molecular formula is C19H30ClIN6. The van der Waals surface area contributed by atoms with Crippen LogP contribution < -0.4 is 10.6 Å². The number of aryl methyl sites for hydroxylation is 1. The second-order valence-corrected chi connectivity index (χ2v) is 6.74. The number of aromatic nitrogens is 2. The van der Waals surface area contributed by atoms with Crippen molar-refractivity contribution in [1.82, 2.24) is 25.3 Å². The molecule has 0 saturated carbocycles. The van der Waals surface area contributed by atoms with E-state index in [2.05, 4.69) is 53.8 Å². The topological polar surface area (TPSA) is 57.5 Å². The quantitative estimate of drug-likeness (QED) is 0.238. The maximum Gasteiger partial charge on any atom is 0.191 e. The molecule has 1 heterocycles. The van der Waals surface area contributed by atoms with E-state index in [1.165, 1.54) is 5.56 Å². The first-order valence-corrected chi connectivity index (χ1v) is 9.39. The Balaban J connectivity index is 0.00000364. The van der Waals surface area contributed by atoms with Gasteiger partial charge in [0.05, 0.1) is 12.6 Å². The lowest BCUT2D eigenvalue weighted by molar-refractivity contribution is 0.306. The van der Waals surface area contributed by atoms with Crippen molar-refractivity contribution in [3.8, 4) is 0 Å². The van der Waals surface area contributed by atoms with Gasteiger partial charge in [-0.1, -0.05) is 23.7 Å². The normalized spacial score (nSPS) is 12.6. The van der Waals surface area contributed by atoms with Crippen molar-refractivity contribution in [2.24, 2.45) is 4.99 Å². The summed E-state index contributed by atoms with van der Waals surface area (Å²) in [7, 11) is 4.14. The molecule has 0 spiro atoms. The fourth-order valence-electron chi connectivity index (χ4n) is 2.65. The first kappa shape index (κ1) is 23.7. The fraction of sp³-hybridized carbons (Fsp3) is 0.474. The number of hydrogen-bond acceptors (Lipinski definition) is 3. The molecule has 1 aromatic heterocycles. The number of likely N-dealkylation sites (N-methyl/N-ethyl adjacent to an activating group) is 1. The Morgan fingerprint density at radius 2 is 2.00 bits per heavy atom. The van der Waals surface area contributed by atoms with E-state index in [-0.39, 0.29) is 30.0 Å². The van der Waals surface area contributed by atoms with Gasteiger partial charge in [0, 0.05) is 37.1 Å². The zero-order valence-corrected chi connectivity index (χ0v) is 19.3. The van der Waals surface area contributed by atoms with Crippen molar-refractivity contribution < 1.29 is 0 Å². The third-order valence-electron chi connectivity index (χ3n) is 4.06. The second-order valence-electron chi connectivity index (χ2n) is 6.30. The van der Waals surface area contributed by atoms with Gasteiger partial charge in [0.1, 0.15) is 0 Å². The maximum atomic E-state index is 6.01. The predicted molar refractivity (Wildman–Crippen MR) is 124 cm³/mol. The van der Waals surface area contributed by atoms with E-state index in [9.17, 15) is 0 Å². The van der Waals surface area contributed by atoms with E-state index in [0.29, 0.717) is 6.54 Å². The van der Waals surface area contributed by atoms with E-state index in [1.54, 1.807) is 6.20 Å². The van der Waals surface area contributed by atoms with Crippen molar-refractivity contribution in [3.63, 3.8) is 0 Å². The first-order chi connectivity index (χ1) is 12.6. The number of nitrogens with one attached hydrogen (secondary N) is 2. The third-order valence-corrected chi connectivity index (χ3v) is 4.31. The van der Waals surface area contributed by atoms with Gasteiger partial charge in [-0.15, -0.1) is 24.0 Å². The van der Waals surface area contributed by atoms with Gasteiger partial charge >= 0.3 is 0 Å². The van der Waals surface area contributed by atoms with Gasteiger partial charge in [-0.2, -0.15) is 5.10 Å². The molecule has 0 bridgehead atoms. The molecule has 1 atom stereocenters. The van der Waals surface area contributed by atoms with Crippen molar-refractivity contribution in [2.75, 3.05) is 33.7 Å². The molecule has 0 aliphatic rings. The Bertz CT molecular complexity index is 657. The van der Waals surface area contributed by atoms with E-state index < -0.39 is 0 Å². The van der Waals surface area contributed by atoms with Gasteiger partial charge in [0.25, 0.3) is 0 Å². The fourth-order valence-corrected chi connectivity index (χ4v) is 2.78. The molecule has 2 aromatic rings. The number of guanidine groups is 1. The van der Waals surface area contributed by atoms with Crippen LogP contribution in [0.15, 0.2) is 47.7 Å². The molecule has 0 amide bonds. The Labute approximate surface area is 184 Å². The number of halogens is 2. The van der Waals surface area contributed by atoms with Crippen LogP contribution in [-0.2, 0) is 6.54 Å². The number of aliphatic imine (C=N–C) groups is 1. The average molecular weight is 505 g/mol. The van der Waals surface area contributed by atoms with Crippen molar-refractivity contribution in [3.05, 3.63) is 53.3 Å². The Kier molecular flexibility index (Phi) is 11.4. The molecule has 27 heavy (non-hydrogen) atoms. The largest absolute Gasteiger partial charge is 0.357 e. The standard InChI is InChI=1S/C19H29ClN6.HI/c1-4-21-19(22-11-5-13-26-14-6-12-24-26)23-15-18(25(2)3)16-7-9-17(20)10-8-16;/h6-10,12,14,18H,4-5,11,13,15H2,1-3H3,(H2,21,22,23);1H. The highest BCUT2D eigenvalue weighted by molar-refractivity contribution is 14.0. The van der Waals surface area contributed by atoms with Crippen LogP contribution in [0.4, 0.5) is 0 Å². The SMILES string of the molecule is CCNC(=NCC(c1ccc(Cl)cc1)N(C)C)NCCCn1cccn1.I. The summed E-state index contributed by atoms with van der Waals surface area (Å²) in [4.78, 5) is 6.94. The van der Waals surface area contributed by atoms with E-state index in [4.69, 9.17) is 16.6 Å². The van der Waals surface area contributed by atoms with Crippen LogP contribution in [-0.4, -0.2) is 54.4 Å². The highest BCUT2D eigenvalue weighted by atomic mass is 127. The third kappa shape index (κ3) is 8.49. The van der Waals surface area contributed by atoms with Gasteiger partial charge in [-0.3, -0.25) is 9.67 Å². The van der Waals surface area contributed by atoms with Gasteiger partial charge in [-0.25, -0.2) is 0 Å². The van der Waals surface area contributed by atoms with Crippen LogP contribution in [0.5, 0.6) is 0 Å². The van der Waals surface area contributed by atoms with E-state index >= 15 is 0 Å². The smallest absolute Gasteiger partial charge is 0.191 e. The summed E-state index contributed by atoms with van der Waals surface area (Å²) in [5.74, 6) is 0.841. The molecule has 0 fully saturated rings. The number of nitrogens with zero attached hydrogens (tertiary/aromatic N) is 4. The molecule has 0 saturated heterocycles. The van der Waals surface area contributed by atoms with Crippen molar-refractivity contribution >= 4 is 41.5 Å². The molecule has 8 heteroatoms. The van der Waals surface area contributed by atoms with Gasteiger partial charge < -0.3 is 15.5 Å². The summed E-state index contributed by atoms with van der Waals surface area (Å²) >= 11 is 6.01. The summed E-state index contributed by atoms with van der Waals surface area (Å²) in [6.45, 7) is 5.31. The lowest BCUT2D eigenvalue weighted by atomic mass is 10.1. The van der Waals surface area contributed by atoms with E-state index in [1.807, 2.05) is 29.1 Å². The van der Waals surface area contributed by atoms with Crippen molar-refractivity contribution in [1.29, 1.82) is 0 Å². The molecule has 0 aliphatic heterocycles. The van der Waals surface area contributed by atoms with Crippen LogP contribution in [0.25, 0.3) is 0 Å². The molecule has 0 aliphatic carbocycles. The monoisotopic (exact) mass is 504 g/mol. The highest BCUT2D eigenvalue weighted by Gasteiger charge is 2.14. The molecule has 6 nitrogen and oxygen atoms in total. The van der Waals surface area contributed by atoms with Crippen LogP contribution >= 0.6 is 35.6 Å². The minimum Gasteiger partial charge on any atom is -0.357 e. The van der Waals surface area contributed by atoms with Crippen LogP contribution in [0, 0.1) is 0 Å². The van der Waals surface area contributed by atoms with Crippen LogP contribution in [0.1, 0.15) is 24.9 Å². The predicted octanol–water partition coefficient (Wildman–Crippen LogP) is 3.40. The molecule has 2 rings (SSSR count). The lowest BCUT2D eigenvalue weighted by Crippen LogP contribution is -2.38. The lowest BCUT2D eigenvalue weighted by Gasteiger charge is -2.24. The molecule has 2 N–H and O–H groups in total. The first-order valence-electron chi connectivity index (χ1n) is 9.01. The van der Waals surface area contributed by atoms with Crippen molar-refractivity contribution in [2.45, 2.75) is 25.9 Å². The number of rotatable bonds is 9. The number of hydrogen-bond donors (Lipinski definition) is 2. The van der Waals surface area contributed by atoms with Crippen LogP contribution in [0.3, 0.4) is 0 Å². The molecule has 0 radical (unpaired) electrons. The second kappa shape index (κ2) is 13.0. The van der Waals surface area contributed by atoms with Crippen LogP contribution in [0.2, 0.25) is 5.02 Å². The molecular weight excluding hydrogens is 475 g/mol. The van der Waals surface area contributed by atoms with Gasteiger partial charge in [-0.05, 0) is 51.2 Å². The minimum atomic E-state index is 0. The highest BCUT2D eigenvalue weighted by Crippen LogP contribution is 2.20. The molecule has 150 valence electrons. The summed E-state index contributed by atoms with van der Waals surface area (Å²) in [6.07, 6.45) is 4.77. The zero-order chi connectivity index (χ0) is 18.8. The number of benzene rings is 1. The van der Waals surface area contributed by atoms with Gasteiger partial charge in [0.15, 0.2) is 5.96 Å². The Morgan fingerprint density at radius 3 is 2.59 bits per heavy atom. The Morgan fingerprint density at radius 1 is 1.26 bits per heavy atom. The average Bonchev–Trinajstić information content (AvgIpc) is 3.13. The zero-order valence-electron chi connectivity index (χ0n) is 16.2. The van der Waals surface area contributed by atoms with E-state index in [0.717, 1.165) is 37.0 Å². The summed E-state index contributed by atoms with van der Waals surface area (Å²) in [6, 6.07) is 10.1. The molecule has 1 unspecified atom stereocenters. The minimum absolute atomic E-state index is 0. The molecule has 1 aromatic carbocycles. The Hall–Kier alpha value is -1.32. The summed E-state index contributed by atoms with van der Waals surface area (Å²) in [5, 5.41) is 11.7. The van der Waals surface area contributed by atoms with Gasteiger partial charge in [0.2, 0.25) is 0 Å². The maximum absolute atomic E-state index is 6.01.